The van der Waals surface area contributed by atoms with Gasteiger partial charge in [-0.15, -0.1) is 11.3 Å². The predicted molar refractivity (Wildman–Crippen MR) is 92.9 cm³/mol. The first-order valence-corrected chi connectivity index (χ1v) is 9.28. The van der Waals surface area contributed by atoms with Gasteiger partial charge >= 0.3 is 0 Å². The van der Waals surface area contributed by atoms with Crippen LogP contribution < -0.4 is 11.1 Å². The molecule has 23 heavy (non-hydrogen) atoms. The summed E-state index contributed by atoms with van der Waals surface area (Å²) in [5.74, 6) is 0.268. The van der Waals surface area contributed by atoms with Gasteiger partial charge in [-0.3, -0.25) is 14.5 Å². The number of nitrogens with one attached hydrogen (secondary N) is 1. The van der Waals surface area contributed by atoms with Crippen molar-refractivity contribution in [2.24, 2.45) is 11.7 Å². The topological polar surface area (TPSA) is 75.4 Å². The first-order valence-electron chi connectivity index (χ1n) is 8.46. The van der Waals surface area contributed by atoms with Gasteiger partial charge in [0.05, 0.1) is 11.6 Å². The molecule has 1 aromatic rings. The number of hydrogen-bond donors (Lipinski definition) is 2. The zero-order chi connectivity index (χ0) is 16.6. The van der Waals surface area contributed by atoms with Crippen LogP contribution in [0.4, 0.5) is 5.00 Å². The van der Waals surface area contributed by atoms with Crippen molar-refractivity contribution in [3.63, 3.8) is 0 Å². The summed E-state index contributed by atoms with van der Waals surface area (Å²) in [6.45, 7) is 6.11. The minimum Gasteiger partial charge on any atom is -0.365 e. The number of carbonyl (C=O) groups excluding carboxylic acids is 2. The highest BCUT2D eigenvalue weighted by Gasteiger charge is 2.29. The second-order valence-electron chi connectivity index (χ2n) is 6.81. The first-order chi connectivity index (χ1) is 11.0. The number of piperidine rings is 1. The molecule has 1 aliphatic heterocycles. The molecule has 2 heterocycles. The van der Waals surface area contributed by atoms with Gasteiger partial charge in [-0.2, -0.15) is 0 Å². The van der Waals surface area contributed by atoms with E-state index in [1.165, 1.54) is 16.2 Å². The Labute approximate surface area is 141 Å². The van der Waals surface area contributed by atoms with Crippen molar-refractivity contribution in [2.75, 3.05) is 18.4 Å². The Morgan fingerprint density at radius 3 is 2.65 bits per heavy atom. The molecule has 126 valence electrons. The zero-order valence-corrected chi connectivity index (χ0v) is 14.7. The number of likely N-dealkylation sites (tertiary alicyclic amines) is 1. The summed E-state index contributed by atoms with van der Waals surface area (Å²) in [6.07, 6.45) is 5.21. The Morgan fingerprint density at radius 2 is 2.00 bits per heavy atom. The Balaban J connectivity index is 1.72. The van der Waals surface area contributed by atoms with E-state index in [1.807, 2.05) is 6.92 Å². The maximum Gasteiger partial charge on any atom is 0.251 e. The van der Waals surface area contributed by atoms with Gasteiger partial charge in [-0.05, 0) is 63.6 Å². The molecule has 0 bridgehead atoms. The Kier molecular flexibility index (Phi) is 4.73. The highest BCUT2D eigenvalue weighted by molar-refractivity contribution is 7.17. The van der Waals surface area contributed by atoms with E-state index in [9.17, 15) is 9.59 Å². The third kappa shape index (κ3) is 3.28. The first kappa shape index (κ1) is 16.5. The fourth-order valence-electron chi connectivity index (χ4n) is 3.55. The van der Waals surface area contributed by atoms with Crippen molar-refractivity contribution < 1.29 is 9.59 Å². The SMILES string of the molecule is CC1CCN([C@H](C)C(=O)Nc2sc3c(c2C(N)=O)CCC3)CC1. The van der Waals surface area contributed by atoms with E-state index in [1.54, 1.807) is 0 Å². The van der Waals surface area contributed by atoms with Crippen molar-refractivity contribution in [3.8, 4) is 0 Å². The van der Waals surface area contributed by atoms with Crippen LogP contribution in [-0.2, 0) is 17.6 Å². The quantitative estimate of drug-likeness (QED) is 0.887. The van der Waals surface area contributed by atoms with Gasteiger partial charge in [-0.1, -0.05) is 6.92 Å². The van der Waals surface area contributed by atoms with E-state index in [-0.39, 0.29) is 11.9 Å². The van der Waals surface area contributed by atoms with E-state index in [0.29, 0.717) is 10.6 Å². The fraction of sp³-hybridized carbons (Fsp3) is 0.647. The smallest absolute Gasteiger partial charge is 0.251 e. The number of anilines is 1. The molecule has 0 spiro atoms. The lowest BCUT2D eigenvalue weighted by Gasteiger charge is -2.34. The number of thiophene rings is 1. The summed E-state index contributed by atoms with van der Waals surface area (Å²) >= 11 is 1.52. The average molecular weight is 335 g/mol. The van der Waals surface area contributed by atoms with Crippen molar-refractivity contribution in [2.45, 2.75) is 52.0 Å². The van der Waals surface area contributed by atoms with Crippen molar-refractivity contribution >= 4 is 28.2 Å². The molecule has 1 saturated heterocycles. The number of carbonyl (C=O) groups is 2. The number of aryl methyl sites for hydroxylation is 1. The molecule has 2 aliphatic rings. The van der Waals surface area contributed by atoms with Crippen LogP contribution in [0.1, 0.15) is 53.9 Å². The van der Waals surface area contributed by atoms with Gasteiger partial charge in [0.2, 0.25) is 5.91 Å². The molecule has 1 fully saturated rings. The summed E-state index contributed by atoms with van der Waals surface area (Å²) in [5.41, 5.74) is 7.14. The van der Waals surface area contributed by atoms with Gasteiger partial charge in [0.25, 0.3) is 5.91 Å². The van der Waals surface area contributed by atoms with Crippen LogP contribution in [0.3, 0.4) is 0 Å². The highest BCUT2D eigenvalue weighted by Crippen LogP contribution is 2.39. The Morgan fingerprint density at radius 1 is 1.30 bits per heavy atom. The highest BCUT2D eigenvalue weighted by atomic mass is 32.1. The lowest BCUT2D eigenvalue weighted by Crippen LogP contribution is -2.45. The van der Waals surface area contributed by atoms with Gasteiger partial charge in [0.1, 0.15) is 5.00 Å². The van der Waals surface area contributed by atoms with Crippen LogP contribution in [0.15, 0.2) is 0 Å². The maximum absolute atomic E-state index is 12.6. The molecule has 0 radical (unpaired) electrons. The van der Waals surface area contributed by atoms with Crippen molar-refractivity contribution in [3.05, 3.63) is 16.0 Å². The molecule has 0 aromatic carbocycles. The molecule has 3 N–H and O–H groups in total. The molecule has 1 aliphatic carbocycles. The Bertz CT molecular complexity index is 618. The standard InChI is InChI=1S/C17H25N3O2S/c1-10-6-8-20(9-7-10)11(2)16(22)19-17-14(15(18)21)12-4-3-5-13(12)23-17/h10-11H,3-9H2,1-2H3,(H2,18,21)(H,19,22)/t11-/m1/s1. The van der Waals surface area contributed by atoms with Crippen LogP contribution in [0, 0.1) is 5.92 Å². The largest absolute Gasteiger partial charge is 0.365 e. The number of amides is 2. The molecular weight excluding hydrogens is 310 g/mol. The van der Waals surface area contributed by atoms with Gasteiger partial charge < -0.3 is 11.1 Å². The molecule has 0 unspecified atom stereocenters. The van der Waals surface area contributed by atoms with E-state index < -0.39 is 5.91 Å². The molecule has 0 saturated carbocycles. The lowest BCUT2D eigenvalue weighted by atomic mass is 9.98. The number of hydrogen-bond acceptors (Lipinski definition) is 4. The number of nitrogens with zero attached hydrogens (tertiary/aromatic N) is 1. The molecule has 2 amide bonds. The second-order valence-corrected chi connectivity index (χ2v) is 7.91. The van der Waals surface area contributed by atoms with E-state index >= 15 is 0 Å². The number of fused-ring (bicyclic) bond motifs is 1. The number of nitrogens with two attached hydrogens (primary N) is 1. The van der Waals surface area contributed by atoms with Crippen LogP contribution in [0.5, 0.6) is 0 Å². The predicted octanol–water partition coefficient (Wildman–Crippen LogP) is 2.39. The molecule has 6 heteroatoms. The van der Waals surface area contributed by atoms with E-state index in [4.69, 9.17) is 5.73 Å². The summed E-state index contributed by atoms with van der Waals surface area (Å²) in [4.78, 5) is 27.8. The van der Waals surface area contributed by atoms with Gasteiger partial charge in [0, 0.05) is 4.88 Å². The van der Waals surface area contributed by atoms with Crippen LogP contribution >= 0.6 is 11.3 Å². The average Bonchev–Trinajstić information content (AvgIpc) is 3.07. The second kappa shape index (κ2) is 6.61. The Hall–Kier alpha value is -1.40. The van der Waals surface area contributed by atoms with Crippen LogP contribution in [-0.4, -0.2) is 35.8 Å². The molecule has 5 nitrogen and oxygen atoms in total. The number of primary amides is 1. The monoisotopic (exact) mass is 335 g/mol. The minimum atomic E-state index is -0.431. The minimum absolute atomic E-state index is 0.0398. The zero-order valence-electron chi connectivity index (χ0n) is 13.9. The lowest BCUT2D eigenvalue weighted by molar-refractivity contribution is -0.121. The molecule has 1 atom stereocenters. The molecule has 1 aromatic heterocycles. The molecular formula is C17H25N3O2S. The van der Waals surface area contributed by atoms with Crippen LogP contribution in [0.25, 0.3) is 0 Å². The van der Waals surface area contributed by atoms with Gasteiger partial charge in [0.15, 0.2) is 0 Å². The summed E-state index contributed by atoms with van der Waals surface area (Å²) in [7, 11) is 0. The summed E-state index contributed by atoms with van der Waals surface area (Å²) in [5, 5.41) is 3.61. The summed E-state index contributed by atoms with van der Waals surface area (Å²) in [6, 6.07) is -0.180. The maximum atomic E-state index is 12.6. The fourth-order valence-corrected chi connectivity index (χ4v) is 4.85. The van der Waals surface area contributed by atoms with E-state index in [2.05, 4.69) is 17.1 Å². The molecule has 3 rings (SSSR count). The summed E-state index contributed by atoms with van der Waals surface area (Å²) < 4.78 is 0. The van der Waals surface area contributed by atoms with Gasteiger partial charge in [-0.25, -0.2) is 0 Å². The number of rotatable bonds is 4. The van der Waals surface area contributed by atoms with Crippen LogP contribution in [0.2, 0.25) is 0 Å². The normalized spacial score (nSPS) is 20.3. The third-order valence-corrected chi connectivity index (χ3v) is 6.36. The van der Waals surface area contributed by atoms with Crippen molar-refractivity contribution in [1.29, 1.82) is 0 Å². The van der Waals surface area contributed by atoms with Crippen molar-refractivity contribution in [1.82, 2.24) is 4.90 Å². The third-order valence-electron chi connectivity index (χ3n) is 5.15. The van der Waals surface area contributed by atoms with E-state index in [0.717, 1.165) is 56.7 Å².